The molecule has 0 radical (unpaired) electrons. The number of rotatable bonds is 13. The maximum absolute atomic E-state index is 14.5. The summed E-state index contributed by atoms with van der Waals surface area (Å²) in [5.41, 5.74) is 2.74. The fraction of sp³-hybridized carbons (Fsp3) is 0.235. The van der Waals surface area contributed by atoms with E-state index < -0.39 is 28.5 Å². The van der Waals surface area contributed by atoms with Crippen LogP contribution < -0.4 is 19.1 Å². The van der Waals surface area contributed by atoms with Gasteiger partial charge in [0, 0.05) is 26.1 Å². The quantitative estimate of drug-likeness (QED) is 0.236. The number of hydrogen-bond acceptors (Lipinski definition) is 6. The Morgan fingerprint density at radius 1 is 0.841 bits per heavy atom. The summed E-state index contributed by atoms with van der Waals surface area (Å²) in [6.45, 7) is 1.41. The fourth-order valence-electron chi connectivity index (χ4n) is 4.92. The van der Waals surface area contributed by atoms with Gasteiger partial charge in [0.1, 0.15) is 24.1 Å². The number of nitrogens with zero attached hydrogens (tertiary/aromatic N) is 2. The first-order chi connectivity index (χ1) is 21.2. The second-order valence-electron chi connectivity index (χ2n) is 10.1. The number of anilines is 1. The van der Waals surface area contributed by atoms with E-state index in [0.29, 0.717) is 5.75 Å². The van der Waals surface area contributed by atoms with Gasteiger partial charge in [-0.15, -0.1) is 0 Å². The summed E-state index contributed by atoms with van der Waals surface area (Å²) < 4.78 is 40.4. The van der Waals surface area contributed by atoms with Crippen LogP contribution in [0.2, 0.25) is 0 Å². The van der Waals surface area contributed by atoms with Gasteiger partial charge < -0.3 is 19.7 Å². The number of aryl methyl sites for hydroxylation is 1. The number of hydrogen-bond donors (Lipinski definition) is 1. The van der Waals surface area contributed by atoms with Crippen molar-refractivity contribution in [3.05, 3.63) is 120 Å². The van der Waals surface area contributed by atoms with Crippen LogP contribution >= 0.6 is 0 Å². The Morgan fingerprint density at radius 3 is 2.09 bits per heavy atom. The highest BCUT2D eigenvalue weighted by Crippen LogP contribution is 2.36. The van der Waals surface area contributed by atoms with Gasteiger partial charge in [0.2, 0.25) is 11.8 Å². The second kappa shape index (κ2) is 14.6. The van der Waals surface area contributed by atoms with Gasteiger partial charge in [0.25, 0.3) is 10.0 Å². The van der Waals surface area contributed by atoms with E-state index in [-0.39, 0.29) is 35.2 Å². The van der Waals surface area contributed by atoms with Crippen molar-refractivity contribution in [3.8, 4) is 11.5 Å². The molecule has 0 fully saturated rings. The highest BCUT2D eigenvalue weighted by molar-refractivity contribution is 7.92. The van der Waals surface area contributed by atoms with E-state index in [0.717, 1.165) is 21.0 Å². The number of sulfonamides is 1. The molecule has 44 heavy (non-hydrogen) atoms. The third kappa shape index (κ3) is 7.38. The van der Waals surface area contributed by atoms with Crippen molar-refractivity contribution >= 4 is 27.5 Å². The summed E-state index contributed by atoms with van der Waals surface area (Å²) in [5.74, 6) is -0.323. The molecule has 0 spiro atoms. The molecule has 4 rings (SSSR count). The van der Waals surface area contributed by atoms with Gasteiger partial charge in [0.05, 0.1) is 24.8 Å². The van der Waals surface area contributed by atoms with Crippen LogP contribution in [-0.4, -0.2) is 59.0 Å². The molecule has 1 atom stereocenters. The molecule has 0 bridgehead atoms. The van der Waals surface area contributed by atoms with E-state index in [4.69, 9.17) is 9.47 Å². The third-order valence-electron chi connectivity index (χ3n) is 7.38. The molecule has 9 nitrogen and oxygen atoms in total. The average Bonchev–Trinajstić information content (AvgIpc) is 3.06. The SMILES string of the molecule is CNC(=O)[C@@H](Cc1ccccc1)N(Cc1ccccc1C)C(=O)CN(c1cc(OC)ccc1OC)S(=O)(=O)c1ccccc1. The first kappa shape index (κ1) is 32.1. The van der Waals surface area contributed by atoms with E-state index in [2.05, 4.69) is 5.32 Å². The summed E-state index contributed by atoms with van der Waals surface area (Å²) in [6.07, 6.45) is 0.228. The first-order valence-corrected chi connectivity index (χ1v) is 15.5. The number of methoxy groups -OCH3 is 2. The molecule has 230 valence electrons. The topological polar surface area (TPSA) is 105 Å². The van der Waals surface area contributed by atoms with Crippen LogP contribution in [0.3, 0.4) is 0 Å². The van der Waals surface area contributed by atoms with Crippen LogP contribution in [0.25, 0.3) is 0 Å². The molecule has 0 aliphatic rings. The predicted molar refractivity (Wildman–Crippen MR) is 170 cm³/mol. The van der Waals surface area contributed by atoms with Crippen molar-refractivity contribution in [2.24, 2.45) is 0 Å². The van der Waals surface area contributed by atoms with Gasteiger partial charge in [-0.25, -0.2) is 8.42 Å². The van der Waals surface area contributed by atoms with Crippen LogP contribution in [0.5, 0.6) is 11.5 Å². The zero-order valence-corrected chi connectivity index (χ0v) is 26.1. The molecule has 0 saturated heterocycles. The maximum atomic E-state index is 14.5. The molecule has 0 aliphatic carbocycles. The molecule has 4 aromatic carbocycles. The van der Waals surface area contributed by atoms with Crippen molar-refractivity contribution in [1.29, 1.82) is 0 Å². The number of carbonyl (C=O) groups excluding carboxylic acids is 2. The highest BCUT2D eigenvalue weighted by atomic mass is 32.2. The van der Waals surface area contributed by atoms with Crippen molar-refractivity contribution in [2.75, 3.05) is 32.1 Å². The van der Waals surface area contributed by atoms with Crippen molar-refractivity contribution in [1.82, 2.24) is 10.2 Å². The molecule has 0 heterocycles. The molecular weight excluding hydrogens is 578 g/mol. The van der Waals surface area contributed by atoms with E-state index in [1.807, 2.05) is 61.5 Å². The molecule has 0 aromatic heterocycles. The van der Waals surface area contributed by atoms with Gasteiger partial charge in [-0.2, -0.15) is 0 Å². The smallest absolute Gasteiger partial charge is 0.264 e. The molecule has 4 aromatic rings. The Labute approximate surface area is 259 Å². The Hall–Kier alpha value is -4.83. The van der Waals surface area contributed by atoms with Gasteiger partial charge >= 0.3 is 0 Å². The van der Waals surface area contributed by atoms with Crippen LogP contribution in [-0.2, 0) is 32.6 Å². The molecule has 0 saturated carbocycles. The summed E-state index contributed by atoms with van der Waals surface area (Å²) in [6, 6.07) is 28.6. The van der Waals surface area contributed by atoms with E-state index >= 15 is 0 Å². The van der Waals surface area contributed by atoms with Crippen LogP contribution in [0, 0.1) is 6.92 Å². The lowest BCUT2D eigenvalue weighted by atomic mass is 10.0. The highest BCUT2D eigenvalue weighted by Gasteiger charge is 2.35. The lowest BCUT2D eigenvalue weighted by Crippen LogP contribution is -2.53. The number of benzene rings is 4. The Bertz CT molecular complexity index is 1680. The number of amides is 2. The lowest BCUT2D eigenvalue weighted by molar-refractivity contribution is -0.139. The number of carbonyl (C=O) groups is 2. The maximum Gasteiger partial charge on any atom is 0.264 e. The van der Waals surface area contributed by atoms with Crippen LogP contribution in [0.1, 0.15) is 16.7 Å². The zero-order valence-electron chi connectivity index (χ0n) is 25.3. The largest absolute Gasteiger partial charge is 0.497 e. The van der Waals surface area contributed by atoms with Crippen LogP contribution in [0.15, 0.2) is 108 Å². The summed E-state index contributed by atoms with van der Waals surface area (Å²) in [7, 11) is 0.125. The fourth-order valence-corrected chi connectivity index (χ4v) is 6.35. The minimum atomic E-state index is -4.28. The monoisotopic (exact) mass is 615 g/mol. The summed E-state index contributed by atoms with van der Waals surface area (Å²) in [5, 5.41) is 2.69. The van der Waals surface area contributed by atoms with E-state index in [1.54, 1.807) is 30.3 Å². The van der Waals surface area contributed by atoms with Crippen molar-refractivity contribution < 1.29 is 27.5 Å². The van der Waals surface area contributed by atoms with E-state index in [9.17, 15) is 18.0 Å². The zero-order chi connectivity index (χ0) is 31.7. The number of ether oxygens (including phenoxy) is 2. The first-order valence-electron chi connectivity index (χ1n) is 14.1. The van der Waals surface area contributed by atoms with Crippen LogP contribution in [0.4, 0.5) is 5.69 Å². The lowest BCUT2D eigenvalue weighted by Gasteiger charge is -2.34. The second-order valence-corrected chi connectivity index (χ2v) is 12.0. The third-order valence-corrected chi connectivity index (χ3v) is 9.16. The van der Waals surface area contributed by atoms with Gasteiger partial charge in [-0.3, -0.25) is 13.9 Å². The summed E-state index contributed by atoms with van der Waals surface area (Å²) in [4.78, 5) is 29.4. The number of nitrogens with one attached hydrogen (secondary N) is 1. The number of likely N-dealkylation sites (N-methyl/N-ethyl adjacent to an activating group) is 1. The normalized spacial score (nSPS) is 11.7. The molecular formula is C34H37N3O6S. The molecule has 2 amide bonds. The van der Waals surface area contributed by atoms with Crippen molar-refractivity contribution in [3.63, 3.8) is 0 Å². The summed E-state index contributed by atoms with van der Waals surface area (Å²) >= 11 is 0. The minimum absolute atomic E-state index is 0.00439. The van der Waals surface area contributed by atoms with Gasteiger partial charge in [-0.1, -0.05) is 72.8 Å². The molecule has 10 heteroatoms. The average molecular weight is 616 g/mol. The van der Waals surface area contributed by atoms with Gasteiger partial charge in [0.15, 0.2) is 0 Å². The Morgan fingerprint density at radius 2 is 1.48 bits per heavy atom. The molecule has 0 aliphatic heterocycles. The molecule has 1 N–H and O–H groups in total. The van der Waals surface area contributed by atoms with E-state index in [1.165, 1.54) is 44.4 Å². The minimum Gasteiger partial charge on any atom is -0.497 e. The standard InChI is InChI=1S/C34H37N3O6S/c1-25-13-11-12-16-27(25)23-36(31(34(39)35-2)21-26-14-7-5-8-15-26)33(38)24-37(44(40,41)29-17-9-6-10-18-29)30-22-28(42-3)19-20-32(30)43-4/h5-20,22,31H,21,23-24H2,1-4H3,(H,35,39)/t31-/m1/s1. The Balaban J connectivity index is 1.85. The predicted octanol–water partition coefficient (Wildman–Crippen LogP) is 4.59. The molecule has 0 unspecified atom stereocenters. The van der Waals surface area contributed by atoms with Gasteiger partial charge in [-0.05, 0) is 47.9 Å². The van der Waals surface area contributed by atoms with Crippen molar-refractivity contribution in [2.45, 2.75) is 30.8 Å². The Kier molecular flexibility index (Phi) is 10.6.